The van der Waals surface area contributed by atoms with E-state index in [4.69, 9.17) is 5.10 Å². The van der Waals surface area contributed by atoms with Crippen LogP contribution in [0.4, 0.5) is 5.69 Å². The van der Waals surface area contributed by atoms with Gasteiger partial charge in [0.15, 0.2) is 5.78 Å². The van der Waals surface area contributed by atoms with E-state index in [0.29, 0.717) is 16.8 Å². The Bertz CT molecular complexity index is 1410. The molecule has 8 heteroatoms. The van der Waals surface area contributed by atoms with Gasteiger partial charge in [0.1, 0.15) is 5.65 Å². The lowest BCUT2D eigenvalue weighted by Crippen LogP contribution is -2.32. The first-order valence-corrected chi connectivity index (χ1v) is 11.7. The number of rotatable bonds is 7. The van der Waals surface area contributed by atoms with Crippen molar-refractivity contribution in [1.82, 2.24) is 19.1 Å². The molecule has 1 aliphatic rings. The monoisotopic (exact) mass is 457 g/mol. The third kappa shape index (κ3) is 4.01. The predicted octanol–water partition coefficient (Wildman–Crippen LogP) is 4.89. The number of fused-ring (bicyclic) bond motifs is 3. The number of ketones is 1. The van der Waals surface area contributed by atoms with E-state index in [1.165, 1.54) is 37.5 Å². The van der Waals surface area contributed by atoms with E-state index in [1.807, 2.05) is 29.6 Å². The summed E-state index contributed by atoms with van der Waals surface area (Å²) >= 11 is 0. The van der Waals surface area contributed by atoms with Crippen molar-refractivity contribution < 1.29 is 9.72 Å². The average molecular weight is 458 g/mol. The maximum absolute atomic E-state index is 13.4. The summed E-state index contributed by atoms with van der Waals surface area (Å²) in [5.74, 6) is -0.215. The van der Waals surface area contributed by atoms with Crippen LogP contribution >= 0.6 is 0 Å². The van der Waals surface area contributed by atoms with Gasteiger partial charge in [-0.3, -0.25) is 14.9 Å². The number of nitrogens with zero attached hydrogens (tertiary/aromatic N) is 5. The zero-order valence-electron chi connectivity index (χ0n) is 19.2. The number of imidazole rings is 1. The highest BCUT2D eigenvalue weighted by atomic mass is 16.6. The summed E-state index contributed by atoms with van der Waals surface area (Å²) in [6, 6.07) is 14.5. The predicted molar refractivity (Wildman–Crippen MR) is 132 cm³/mol. The van der Waals surface area contributed by atoms with Crippen LogP contribution in [0.2, 0.25) is 0 Å². The minimum atomic E-state index is -0.438. The van der Waals surface area contributed by atoms with Crippen molar-refractivity contribution in [2.75, 3.05) is 19.6 Å². The number of aryl methyl sites for hydroxylation is 1. The summed E-state index contributed by atoms with van der Waals surface area (Å²) in [5, 5.41) is 16.0. The van der Waals surface area contributed by atoms with Crippen molar-refractivity contribution in [3.63, 3.8) is 0 Å². The second-order valence-electron chi connectivity index (χ2n) is 8.75. The zero-order valence-corrected chi connectivity index (χ0v) is 19.2. The Hall–Kier alpha value is -3.78. The minimum Gasteiger partial charge on any atom is -0.322 e. The van der Waals surface area contributed by atoms with E-state index in [-0.39, 0.29) is 11.5 Å². The quantitative estimate of drug-likeness (QED) is 0.171. The van der Waals surface area contributed by atoms with Gasteiger partial charge in [0.25, 0.3) is 5.69 Å². The molecule has 2 aromatic heterocycles. The van der Waals surface area contributed by atoms with Gasteiger partial charge in [-0.05, 0) is 63.2 Å². The number of hydrogen-bond donors (Lipinski definition) is 0. The molecule has 0 unspecified atom stereocenters. The largest absolute Gasteiger partial charge is 0.322 e. The number of nitro groups is 1. The van der Waals surface area contributed by atoms with Crippen LogP contribution in [0.15, 0.2) is 54.6 Å². The molecule has 8 nitrogen and oxygen atoms in total. The highest BCUT2D eigenvalue weighted by Crippen LogP contribution is 2.27. The molecule has 0 aliphatic carbocycles. The molecule has 0 spiro atoms. The third-order valence-corrected chi connectivity index (χ3v) is 6.58. The standard InChI is InChI=1S/C26H27N5O3/c1-19-25(24(32)14-13-20-9-3-4-10-21(20)31(33)34)26-29(18-17-28-15-7-2-8-16-28)22-11-5-6-12-23(22)30(26)27-19/h3-6,9-14H,2,7-8,15-18H2,1H3/b14-13+. The topological polar surface area (TPSA) is 85.7 Å². The zero-order chi connectivity index (χ0) is 23.7. The third-order valence-electron chi connectivity index (χ3n) is 6.58. The fourth-order valence-electron chi connectivity index (χ4n) is 4.90. The van der Waals surface area contributed by atoms with Crippen LogP contribution in [0.3, 0.4) is 0 Å². The smallest absolute Gasteiger partial charge is 0.276 e. The fourth-order valence-corrected chi connectivity index (χ4v) is 4.90. The molecule has 1 aliphatic heterocycles. The lowest BCUT2D eigenvalue weighted by atomic mass is 10.1. The average Bonchev–Trinajstić information content (AvgIpc) is 3.34. The maximum Gasteiger partial charge on any atom is 0.276 e. The first-order chi connectivity index (χ1) is 16.5. The Kier molecular flexibility index (Phi) is 5.98. The minimum absolute atomic E-state index is 0.0286. The molecule has 1 fully saturated rings. The van der Waals surface area contributed by atoms with Crippen LogP contribution in [0.1, 0.15) is 40.9 Å². The Labute approximate surface area is 197 Å². The van der Waals surface area contributed by atoms with Crippen molar-refractivity contribution in [3.05, 3.63) is 81.5 Å². The number of carbonyl (C=O) groups is 1. The van der Waals surface area contributed by atoms with Gasteiger partial charge in [0.05, 0.1) is 32.8 Å². The van der Waals surface area contributed by atoms with E-state index >= 15 is 0 Å². The SMILES string of the molecule is Cc1nn2c3ccccc3n(CCN3CCCCC3)c2c1C(=O)/C=C/c1ccccc1[N+](=O)[O-]. The molecule has 4 aromatic rings. The highest BCUT2D eigenvalue weighted by molar-refractivity contribution is 6.12. The van der Waals surface area contributed by atoms with E-state index in [0.717, 1.165) is 42.9 Å². The molecule has 174 valence electrons. The number of aromatic nitrogens is 3. The normalized spacial score (nSPS) is 15.0. The fraction of sp³-hybridized carbons (Fsp3) is 0.308. The number of allylic oxidation sites excluding steroid dienone is 1. The molecule has 5 rings (SSSR count). The molecule has 0 saturated carbocycles. The molecular formula is C26H27N5O3. The molecule has 0 bridgehead atoms. The maximum atomic E-state index is 13.4. The molecule has 0 amide bonds. The highest BCUT2D eigenvalue weighted by Gasteiger charge is 2.23. The van der Waals surface area contributed by atoms with Crippen molar-refractivity contribution in [1.29, 1.82) is 0 Å². The molecule has 2 aromatic carbocycles. The Morgan fingerprint density at radius 1 is 1.03 bits per heavy atom. The van der Waals surface area contributed by atoms with E-state index < -0.39 is 4.92 Å². The van der Waals surface area contributed by atoms with Gasteiger partial charge in [0, 0.05) is 19.2 Å². The summed E-state index contributed by atoms with van der Waals surface area (Å²) in [7, 11) is 0. The van der Waals surface area contributed by atoms with Gasteiger partial charge < -0.3 is 9.47 Å². The van der Waals surface area contributed by atoms with Crippen molar-refractivity contribution in [2.45, 2.75) is 32.7 Å². The number of likely N-dealkylation sites (tertiary alicyclic amines) is 1. The number of benzene rings is 2. The Morgan fingerprint density at radius 2 is 1.74 bits per heavy atom. The lowest BCUT2D eigenvalue weighted by molar-refractivity contribution is -0.385. The van der Waals surface area contributed by atoms with Gasteiger partial charge >= 0.3 is 0 Å². The van der Waals surface area contributed by atoms with Crippen LogP contribution in [-0.2, 0) is 6.54 Å². The van der Waals surface area contributed by atoms with Gasteiger partial charge in [-0.25, -0.2) is 4.52 Å². The van der Waals surface area contributed by atoms with Gasteiger partial charge in [-0.1, -0.05) is 30.7 Å². The summed E-state index contributed by atoms with van der Waals surface area (Å²) in [6.45, 7) is 5.73. The van der Waals surface area contributed by atoms with Crippen LogP contribution in [-0.4, -0.2) is 49.4 Å². The van der Waals surface area contributed by atoms with E-state index in [2.05, 4.69) is 15.5 Å². The van der Waals surface area contributed by atoms with Gasteiger partial charge in [0.2, 0.25) is 0 Å². The van der Waals surface area contributed by atoms with Crippen molar-refractivity contribution >= 4 is 34.2 Å². The summed E-state index contributed by atoms with van der Waals surface area (Å²) < 4.78 is 4.04. The molecular weight excluding hydrogens is 430 g/mol. The van der Waals surface area contributed by atoms with Crippen molar-refractivity contribution in [3.8, 4) is 0 Å². The molecule has 3 heterocycles. The number of carbonyl (C=O) groups excluding carboxylic acids is 1. The Morgan fingerprint density at radius 3 is 2.50 bits per heavy atom. The summed E-state index contributed by atoms with van der Waals surface area (Å²) in [5.41, 5.74) is 4.31. The van der Waals surface area contributed by atoms with Gasteiger partial charge in [-0.2, -0.15) is 5.10 Å². The summed E-state index contributed by atoms with van der Waals surface area (Å²) in [4.78, 5) is 26.8. The number of nitro benzene ring substituents is 1. The molecule has 0 radical (unpaired) electrons. The Balaban J connectivity index is 1.55. The van der Waals surface area contributed by atoms with Crippen molar-refractivity contribution in [2.24, 2.45) is 0 Å². The first-order valence-electron chi connectivity index (χ1n) is 11.7. The van der Waals surface area contributed by atoms with E-state index in [9.17, 15) is 14.9 Å². The second kappa shape index (κ2) is 9.23. The lowest BCUT2D eigenvalue weighted by Gasteiger charge is -2.26. The van der Waals surface area contributed by atoms with E-state index in [1.54, 1.807) is 18.2 Å². The van der Waals surface area contributed by atoms with Crippen LogP contribution in [0.5, 0.6) is 0 Å². The number of para-hydroxylation sites is 3. The number of hydrogen-bond acceptors (Lipinski definition) is 5. The molecule has 1 saturated heterocycles. The first kappa shape index (κ1) is 22.0. The number of piperidine rings is 1. The van der Waals surface area contributed by atoms with Crippen LogP contribution in [0, 0.1) is 17.0 Å². The van der Waals surface area contributed by atoms with Gasteiger partial charge in [-0.15, -0.1) is 0 Å². The second-order valence-corrected chi connectivity index (χ2v) is 8.75. The van der Waals surface area contributed by atoms with Crippen LogP contribution in [0.25, 0.3) is 22.8 Å². The molecule has 0 N–H and O–H groups in total. The van der Waals surface area contributed by atoms with Crippen LogP contribution < -0.4 is 0 Å². The molecule has 34 heavy (non-hydrogen) atoms. The molecule has 0 atom stereocenters. The summed E-state index contributed by atoms with van der Waals surface area (Å²) in [6.07, 6.45) is 6.68.